The standard InChI is InChI=1S/C59H109NO5/c1-4-7-10-13-16-19-22-24-26-28-29-30-32-34-37-40-43-46-49-52-59(64)65-55(50-47-44-41-38-35-21-18-15-12-9-6-3)53-58(63)60-56(54-61)57(62)51-48-45-42-39-36-33-31-27-25-23-20-17-14-11-8-5-2/h16,19,24,26,29-30,34,37,55-57,61-62H,4-15,17-18,20-23,25,27-28,31-33,35-36,38-54H2,1-3H3,(H,60,63)/b19-16-,26-24-,30-29-,37-34-. The Bertz CT molecular complexity index is 1110. The van der Waals surface area contributed by atoms with Gasteiger partial charge in [0.25, 0.3) is 0 Å². The van der Waals surface area contributed by atoms with Gasteiger partial charge in [-0.15, -0.1) is 0 Å². The maximum absolute atomic E-state index is 13.2. The van der Waals surface area contributed by atoms with Gasteiger partial charge in [-0.1, -0.05) is 256 Å². The van der Waals surface area contributed by atoms with E-state index in [1.165, 1.54) is 167 Å². The van der Waals surface area contributed by atoms with E-state index in [9.17, 15) is 19.8 Å². The highest BCUT2D eigenvalue weighted by molar-refractivity contribution is 5.77. The van der Waals surface area contributed by atoms with Gasteiger partial charge < -0.3 is 20.3 Å². The predicted octanol–water partition coefficient (Wildman–Crippen LogP) is 17.4. The molecule has 0 aliphatic carbocycles. The van der Waals surface area contributed by atoms with Crippen LogP contribution in [0.2, 0.25) is 0 Å². The Hall–Kier alpha value is -2.18. The van der Waals surface area contributed by atoms with Gasteiger partial charge in [0, 0.05) is 6.42 Å². The Labute approximate surface area is 404 Å². The molecule has 0 aliphatic heterocycles. The van der Waals surface area contributed by atoms with Crippen LogP contribution >= 0.6 is 0 Å². The number of nitrogens with one attached hydrogen (secondary N) is 1. The number of esters is 1. The van der Waals surface area contributed by atoms with Crippen LogP contribution in [0.4, 0.5) is 0 Å². The van der Waals surface area contributed by atoms with Crippen LogP contribution < -0.4 is 5.32 Å². The summed E-state index contributed by atoms with van der Waals surface area (Å²) in [6.45, 7) is 6.47. The number of carbonyl (C=O) groups is 2. The van der Waals surface area contributed by atoms with E-state index in [0.717, 1.165) is 77.0 Å². The van der Waals surface area contributed by atoms with E-state index in [0.29, 0.717) is 19.3 Å². The Morgan fingerprint density at radius 3 is 1.20 bits per heavy atom. The lowest BCUT2D eigenvalue weighted by Crippen LogP contribution is -2.46. The van der Waals surface area contributed by atoms with Crippen molar-refractivity contribution in [3.63, 3.8) is 0 Å². The highest BCUT2D eigenvalue weighted by Gasteiger charge is 2.24. The van der Waals surface area contributed by atoms with Gasteiger partial charge >= 0.3 is 5.97 Å². The second-order valence-corrected chi connectivity index (χ2v) is 19.3. The molecule has 6 heteroatoms. The second kappa shape index (κ2) is 52.8. The zero-order valence-corrected chi connectivity index (χ0v) is 43.4. The Balaban J connectivity index is 4.52. The van der Waals surface area contributed by atoms with Crippen LogP contribution in [0.25, 0.3) is 0 Å². The van der Waals surface area contributed by atoms with Crippen molar-refractivity contribution >= 4 is 11.9 Å². The molecule has 65 heavy (non-hydrogen) atoms. The number of unbranched alkanes of at least 4 members (excludes halogenated alkanes) is 31. The molecule has 3 atom stereocenters. The summed E-state index contributed by atoms with van der Waals surface area (Å²) in [7, 11) is 0. The van der Waals surface area contributed by atoms with Crippen LogP contribution in [0, 0.1) is 0 Å². The van der Waals surface area contributed by atoms with Gasteiger partial charge in [0.2, 0.25) is 5.91 Å². The highest BCUT2D eigenvalue weighted by Crippen LogP contribution is 2.18. The van der Waals surface area contributed by atoms with Crippen molar-refractivity contribution in [2.45, 2.75) is 309 Å². The lowest BCUT2D eigenvalue weighted by molar-refractivity contribution is -0.151. The Kier molecular flexibility index (Phi) is 51.0. The predicted molar refractivity (Wildman–Crippen MR) is 282 cm³/mol. The van der Waals surface area contributed by atoms with Crippen molar-refractivity contribution in [2.75, 3.05) is 6.61 Å². The minimum absolute atomic E-state index is 0.0673. The summed E-state index contributed by atoms with van der Waals surface area (Å²) in [6.07, 6.45) is 64.6. The van der Waals surface area contributed by atoms with Crippen molar-refractivity contribution in [2.24, 2.45) is 0 Å². The topological polar surface area (TPSA) is 95.9 Å². The maximum Gasteiger partial charge on any atom is 0.306 e. The smallest absolute Gasteiger partial charge is 0.306 e. The molecule has 380 valence electrons. The van der Waals surface area contributed by atoms with Gasteiger partial charge in [-0.05, 0) is 70.6 Å². The number of allylic oxidation sites excluding steroid dienone is 8. The summed E-state index contributed by atoms with van der Waals surface area (Å²) in [4.78, 5) is 26.2. The molecule has 0 aromatic rings. The molecule has 0 saturated heterocycles. The summed E-state index contributed by atoms with van der Waals surface area (Å²) in [5, 5.41) is 23.9. The Morgan fingerprint density at radius 2 is 0.785 bits per heavy atom. The molecular weight excluding hydrogens is 803 g/mol. The van der Waals surface area contributed by atoms with Crippen molar-refractivity contribution < 1.29 is 24.5 Å². The number of rotatable bonds is 51. The van der Waals surface area contributed by atoms with Gasteiger partial charge in [-0.2, -0.15) is 0 Å². The molecule has 0 aliphatic rings. The highest BCUT2D eigenvalue weighted by atomic mass is 16.5. The third-order valence-corrected chi connectivity index (χ3v) is 12.9. The van der Waals surface area contributed by atoms with Crippen LogP contribution in [0.1, 0.15) is 290 Å². The van der Waals surface area contributed by atoms with Gasteiger partial charge in [-0.3, -0.25) is 9.59 Å². The fourth-order valence-electron chi connectivity index (χ4n) is 8.59. The van der Waals surface area contributed by atoms with E-state index in [1.807, 2.05) is 0 Å². The fraction of sp³-hybridized carbons (Fsp3) is 0.831. The molecule has 3 N–H and O–H groups in total. The average molecular weight is 913 g/mol. The fourth-order valence-corrected chi connectivity index (χ4v) is 8.59. The molecule has 1 amide bonds. The van der Waals surface area contributed by atoms with Crippen LogP contribution in [0.3, 0.4) is 0 Å². The molecule has 0 radical (unpaired) electrons. The normalized spacial score (nSPS) is 13.5. The molecule has 0 aromatic carbocycles. The minimum atomic E-state index is -0.792. The van der Waals surface area contributed by atoms with Gasteiger partial charge in [0.1, 0.15) is 6.10 Å². The molecular formula is C59H109NO5. The SMILES string of the molecule is CCCCC/C=C\C/C=C\C/C=C\C/C=C\CCCCCC(=O)OC(CCCCCCCCCCCCC)CC(=O)NC(CO)C(O)CCCCCCCCCCCCCCCCCC. The van der Waals surface area contributed by atoms with Crippen LogP contribution in [0.5, 0.6) is 0 Å². The monoisotopic (exact) mass is 912 g/mol. The number of aliphatic hydroxyl groups is 2. The summed E-state index contributed by atoms with van der Waals surface area (Å²) in [5.74, 6) is -0.499. The third kappa shape index (κ3) is 48.1. The number of aliphatic hydroxyl groups excluding tert-OH is 2. The zero-order chi connectivity index (χ0) is 47.4. The molecule has 0 saturated carbocycles. The van der Waals surface area contributed by atoms with Gasteiger partial charge in [-0.25, -0.2) is 0 Å². The van der Waals surface area contributed by atoms with Crippen molar-refractivity contribution in [1.82, 2.24) is 5.32 Å². The van der Waals surface area contributed by atoms with Crippen LogP contribution in [0.15, 0.2) is 48.6 Å². The van der Waals surface area contributed by atoms with Gasteiger partial charge in [0.05, 0.1) is 25.2 Å². The molecule has 6 nitrogen and oxygen atoms in total. The number of ether oxygens (including phenoxy) is 1. The molecule has 0 fully saturated rings. The molecule has 0 heterocycles. The molecule has 0 bridgehead atoms. The van der Waals surface area contributed by atoms with E-state index in [4.69, 9.17) is 4.74 Å². The van der Waals surface area contributed by atoms with Crippen molar-refractivity contribution in [1.29, 1.82) is 0 Å². The average Bonchev–Trinajstić information content (AvgIpc) is 3.30. The number of carbonyl (C=O) groups excluding carboxylic acids is 2. The van der Waals surface area contributed by atoms with E-state index in [1.54, 1.807) is 0 Å². The van der Waals surface area contributed by atoms with Crippen molar-refractivity contribution in [3.8, 4) is 0 Å². The summed E-state index contributed by atoms with van der Waals surface area (Å²) >= 11 is 0. The first-order valence-electron chi connectivity index (χ1n) is 28.4. The molecule has 0 aromatic heterocycles. The van der Waals surface area contributed by atoms with E-state index >= 15 is 0 Å². The molecule has 3 unspecified atom stereocenters. The number of hydrogen-bond acceptors (Lipinski definition) is 5. The lowest BCUT2D eigenvalue weighted by atomic mass is 10.0. The summed E-state index contributed by atoms with van der Waals surface area (Å²) < 4.78 is 5.93. The quantitative estimate of drug-likeness (QED) is 0.0321. The number of amides is 1. The first-order valence-corrected chi connectivity index (χ1v) is 28.4. The molecule has 0 rings (SSSR count). The van der Waals surface area contributed by atoms with Crippen LogP contribution in [-0.2, 0) is 14.3 Å². The van der Waals surface area contributed by atoms with E-state index in [2.05, 4.69) is 74.7 Å². The largest absolute Gasteiger partial charge is 0.462 e. The first-order chi connectivity index (χ1) is 32.0. The van der Waals surface area contributed by atoms with Gasteiger partial charge in [0.15, 0.2) is 0 Å². The summed E-state index contributed by atoms with van der Waals surface area (Å²) in [6, 6.07) is -0.707. The third-order valence-electron chi connectivity index (χ3n) is 12.9. The van der Waals surface area contributed by atoms with Crippen LogP contribution in [-0.4, -0.2) is 46.9 Å². The summed E-state index contributed by atoms with van der Waals surface area (Å²) in [5.41, 5.74) is 0. The second-order valence-electron chi connectivity index (χ2n) is 19.3. The number of hydrogen-bond donors (Lipinski definition) is 3. The zero-order valence-electron chi connectivity index (χ0n) is 43.4. The van der Waals surface area contributed by atoms with Crippen molar-refractivity contribution in [3.05, 3.63) is 48.6 Å². The molecule has 0 spiro atoms. The van der Waals surface area contributed by atoms with E-state index in [-0.39, 0.29) is 24.9 Å². The Morgan fingerprint density at radius 1 is 0.446 bits per heavy atom. The first kappa shape index (κ1) is 62.8. The lowest BCUT2D eigenvalue weighted by Gasteiger charge is -2.24. The minimum Gasteiger partial charge on any atom is -0.462 e. The van der Waals surface area contributed by atoms with E-state index < -0.39 is 18.2 Å². The maximum atomic E-state index is 13.2.